The number of benzene rings is 2. The summed E-state index contributed by atoms with van der Waals surface area (Å²) in [6, 6.07) is 11.8. The van der Waals surface area contributed by atoms with E-state index >= 15 is 0 Å². The fourth-order valence-corrected chi connectivity index (χ4v) is 1.69. The van der Waals surface area contributed by atoms with Gasteiger partial charge < -0.3 is 9.47 Å². The van der Waals surface area contributed by atoms with Gasteiger partial charge in [0.05, 0.1) is 30.9 Å². The molecular formula is C14H13N3O4. The van der Waals surface area contributed by atoms with Crippen molar-refractivity contribution in [2.45, 2.75) is 0 Å². The number of hydrogen-bond donors (Lipinski definition) is 0. The molecule has 2 aromatic rings. The summed E-state index contributed by atoms with van der Waals surface area (Å²) in [5.74, 6) is 0.352. The quantitative estimate of drug-likeness (QED) is 0.472. The number of azo groups is 1. The number of nitrogens with zero attached hydrogens (tertiary/aromatic N) is 3. The first-order valence-corrected chi connectivity index (χ1v) is 6.03. The van der Waals surface area contributed by atoms with Crippen LogP contribution >= 0.6 is 0 Å². The minimum atomic E-state index is -0.542. The lowest BCUT2D eigenvalue weighted by Gasteiger charge is -2.07. The fraction of sp³-hybridized carbons (Fsp3) is 0.143. The molecule has 0 aliphatic carbocycles. The third-order valence-electron chi connectivity index (χ3n) is 2.71. The van der Waals surface area contributed by atoms with Crippen LogP contribution in [0, 0.1) is 10.1 Å². The Morgan fingerprint density at radius 2 is 1.67 bits per heavy atom. The molecule has 7 nitrogen and oxygen atoms in total. The van der Waals surface area contributed by atoms with Crippen molar-refractivity contribution < 1.29 is 14.4 Å². The van der Waals surface area contributed by atoms with E-state index in [2.05, 4.69) is 10.2 Å². The maximum absolute atomic E-state index is 11.0. The first-order chi connectivity index (χ1) is 10.2. The van der Waals surface area contributed by atoms with Crippen molar-refractivity contribution in [1.82, 2.24) is 0 Å². The van der Waals surface area contributed by atoms with Crippen molar-refractivity contribution in [1.29, 1.82) is 0 Å². The zero-order valence-electron chi connectivity index (χ0n) is 11.5. The van der Waals surface area contributed by atoms with Crippen molar-refractivity contribution in [3.05, 3.63) is 52.6 Å². The van der Waals surface area contributed by atoms with Crippen LogP contribution in [0.4, 0.5) is 17.1 Å². The molecule has 21 heavy (non-hydrogen) atoms. The molecule has 0 atom stereocenters. The highest BCUT2D eigenvalue weighted by atomic mass is 16.6. The lowest BCUT2D eigenvalue weighted by Crippen LogP contribution is -1.95. The van der Waals surface area contributed by atoms with Gasteiger partial charge in [-0.3, -0.25) is 10.1 Å². The second kappa shape index (κ2) is 6.47. The second-order valence-corrected chi connectivity index (χ2v) is 3.99. The van der Waals surface area contributed by atoms with Gasteiger partial charge in [0, 0.05) is 6.07 Å². The first kappa shape index (κ1) is 14.4. The predicted octanol–water partition coefficient (Wildman–Crippen LogP) is 4.03. The zero-order chi connectivity index (χ0) is 15.2. The van der Waals surface area contributed by atoms with Crippen LogP contribution in [0.3, 0.4) is 0 Å². The Balaban J connectivity index is 2.43. The number of nitro benzene ring substituents is 1. The average Bonchev–Trinajstić information content (AvgIpc) is 2.52. The summed E-state index contributed by atoms with van der Waals surface area (Å²) >= 11 is 0. The van der Waals surface area contributed by atoms with E-state index in [0.717, 1.165) is 0 Å². The first-order valence-electron chi connectivity index (χ1n) is 6.03. The topological polar surface area (TPSA) is 86.3 Å². The number of rotatable bonds is 5. The highest BCUT2D eigenvalue weighted by Gasteiger charge is 2.19. The van der Waals surface area contributed by atoms with Crippen LogP contribution in [0.2, 0.25) is 0 Å². The van der Waals surface area contributed by atoms with Crippen LogP contribution in [0.1, 0.15) is 0 Å². The van der Waals surface area contributed by atoms with Crippen molar-refractivity contribution in [3.63, 3.8) is 0 Å². The number of nitro groups is 1. The van der Waals surface area contributed by atoms with E-state index in [-0.39, 0.29) is 17.2 Å². The summed E-state index contributed by atoms with van der Waals surface area (Å²) in [5, 5.41) is 19.1. The molecule has 0 bridgehead atoms. The van der Waals surface area contributed by atoms with Crippen LogP contribution < -0.4 is 9.47 Å². The molecule has 0 N–H and O–H groups in total. The van der Waals surface area contributed by atoms with E-state index in [0.29, 0.717) is 11.4 Å². The van der Waals surface area contributed by atoms with E-state index in [1.165, 1.54) is 26.4 Å². The van der Waals surface area contributed by atoms with Crippen LogP contribution in [-0.2, 0) is 0 Å². The maximum Gasteiger partial charge on any atom is 0.314 e. The Kier molecular flexibility index (Phi) is 4.45. The lowest BCUT2D eigenvalue weighted by atomic mass is 10.2. The normalized spacial score (nSPS) is 10.6. The van der Waals surface area contributed by atoms with Crippen LogP contribution in [0.25, 0.3) is 0 Å². The summed E-state index contributed by atoms with van der Waals surface area (Å²) in [5.41, 5.74) is 0.827. The zero-order valence-corrected chi connectivity index (χ0v) is 11.5. The molecule has 108 valence electrons. The summed E-state index contributed by atoms with van der Waals surface area (Å²) in [6.07, 6.45) is 0. The van der Waals surface area contributed by atoms with Crippen molar-refractivity contribution in [2.24, 2.45) is 10.2 Å². The van der Waals surface area contributed by atoms with Crippen LogP contribution in [0.15, 0.2) is 52.7 Å². The molecule has 0 aliphatic heterocycles. The molecule has 0 unspecified atom stereocenters. The van der Waals surface area contributed by atoms with Gasteiger partial charge in [0.25, 0.3) is 0 Å². The molecule has 7 heteroatoms. The minimum Gasteiger partial charge on any atom is -0.494 e. The number of hydrogen-bond acceptors (Lipinski definition) is 6. The molecule has 0 radical (unpaired) electrons. The van der Waals surface area contributed by atoms with Gasteiger partial charge in [0.1, 0.15) is 5.69 Å². The van der Waals surface area contributed by atoms with Gasteiger partial charge in [0.15, 0.2) is 11.5 Å². The summed E-state index contributed by atoms with van der Waals surface area (Å²) in [6.45, 7) is 0. The second-order valence-electron chi connectivity index (χ2n) is 3.99. The SMILES string of the molecule is COc1cc([N+](=O)[O-])c(OC)cc1/N=N/c1ccccc1. The van der Waals surface area contributed by atoms with Crippen molar-refractivity contribution in [3.8, 4) is 11.5 Å². The smallest absolute Gasteiger partial charge is 0.314 e. The highest BCUT2D eigenvalue weighted by Crippen LogP contribution is 2.39. The van der Waals surface area contributed by atoms with E-state index in [1.807, 2.05) is 18.2 Å². The van der Waals surface area contributed by atoms with Gasteiger partial charge in [-0.25, -0.2) is 0 Å². The Morgan fingerprint density at radius 1 is 1.00 bits per heavy atom. The van der Waals surface area contributed by atoms with Gasteiger partial charge in [-0.15, -0.1) is 5.11 Å². The van der Waals surface area contributed by atoms with Gasteiger partial charge in [-0.1, -0.05) is 18.2 Å². The monoisotopic (exact) mass is 287 g/mol. The predicted molar refractivity (Wildman–Crippen MR) is 76.8 cm³/mol. The molecule has 0 aromatic heterocycles. The Morgan fingerprint density at radius 3 is 2.24 bits per heavy atom. The third kappa shape index (κ3) is 3.33. The third-order valence-corrected chi connectivity index (χ3v) is 2.71. The molecule has 2 aromatic carbocycles. The van der Waals surface area contributed by atoms with E-state index in [1.54, 1.807) is 12.1 Å². The molecular weight excluding hydrogens is 274 g/mol. The van der Waals surface area contributed by atoms with Gasteiger partial charge in [-0.05, 0) is 12.1 Å². The maximum atomic E-state index is 11.0. The Hall–Kier alpha value is -2.96. The standard InChI is InChI=1S/C14H13N3O4/c1-20-13-9-12(17(18)19)14(21-2)8-11(13)16-15-10-6-4-3-5-7-10/h3-9H,1-2H3/b16-15+. The van der Waals surface area contributed by atoms with Crippen LogP contribution in [0.5, 0.6) is 11.5 Å². The van der Waals surface area contributed by atoms with Crippen molar-refractivity contribution in [2.75, 3.05) is 14.2 Å². The highest BCUT2D eigenvalue weighted by molar-refractivity contribution is 5.64. The Bertz CT molecular complexity index is 671. The Labute approximate surface area is 121 Å². The van der Waals surface area contributed by atoms with E-state index in [9.17, 15) is 10.1 Å². The van der Waals surface area contributed by atoms with E-state index < -0.39 is 4.92 Å². The molecule has 0 fully saturated rings. The summed E-state index contributed by atoms with van der Waals surface area (Å²) < 4.78 is 10.1. The molecule has 0 heterocycles. The molecule has 0 aliphatic rings. The van der Waals surface area contributed by atoms with Crippen LogP contribution in [-0.4, -0.2) is 19.1 Å². The van der Waals surface area contributed by atoms with Gasteiger partial charge in [-0.2, -0.15) is 5.11 Å². The molecule has 0 saturated carbocycles. The minimum absolute atomic E-state index is 0.0998. The van der Waals surface area contributed by atoms with Crippen molar-refractivity contribution >= 4 is 17.1 Å². The summed E-state index contributed by atoms with van der Waals surface area (Å²) in [7, 11) is 2.76. The average molecular weight is 287 g/mol. The number of ether oxygens (including phenoxy) is 2. The molecule has 0 saturated heterocycles. The molecule has 2 rings (SSSR count). The fourth-order valence-electron chi connectivity index (χ4n) is 1.69. The molecule has 0 amide bonds. The van der Waals surface area contributed by atoms with E-state index in [4.69, 9.17) is 9.47 Å². The molecule has 0 spiro atoms. The number of methoxy groups -OCH3 is 2. The van der Waals surface area contributed by atoms with Gasteiger partial charge in [0.2, 0.25) is 0 Å². The summed E-state index contributed by atoms with van der Waals surface area (Å²) in [4.78, 5) is 10.4. The van der Waals surface area contributed by atoms with Gasteiger partial charge >= 0.3 is 5.69 Å². The largest absolute Gasteiger partial charge is 0.494 e. The lowest BCUT2D eigenvalue weighted by molar-refractivity contribution is -0.385.